The van der Waals surface area contributed by atoms with Gasteiger partial charge in [-0.05, 0) is 36.8 Å². The normalized spacial score (nSPS) is 16.6. The fourth-order valence-corrected chi connectivity index (χ4v) is 2.06. The number of rotatable bonds is 5. The third-order valence-electron chi connectivity index (χ3n) is 3.45. The molecule has 0 aromatic heterocycles. The minimum atomic E-state index is 0.0309. The molecule has 1 fully saturated rings. The van der Waals surface area contributed by atoms with Crippen molar-refractivity contribution >= 4 is 5.91 Å². The molecule has 0 bridgehead atoms. The van der Waals surface area contributed by atoms with Gasteiger partial charge in [0.15, 0.2) is 0 Å². The Morgan fingerprint density at radius 2 is 2.00 bits per heavy atom. The highest BCUT2D eigenvalue weighted by Crippen LogP contribution is 2.36. The second-order valence-corrected chi connectivity index (χ2v) is 4.98. The lowest BCUT2D eigenvalue weighted by molar-refractivity contribution is -0.120. The van der Waals surface area contributed by atoms with E-state index < -0.39 is 0 Å². The van der Waals surface area contributed by atoms with E-state index in [1.165, 1.54) is 11.1 Å². The summed E-state index contributed by atoms with van der Waals surface area (Å²) in [5.41, 5.74) is 8.74. The maximum absolute atomic E-state index is 11.3. The highest BCUT2D eigenvalue weighted by Gasteiger charge is 2.38. The van der Waals surface area contributed by atoms with Crippen molar-refractivity contribution in [2.45, 2.75) is 37.6 Å². The predicted molar refractivity (Wildman–Crippen MR) is 68.7 cm³/mol. The molecule has 3 heteroatoms. The second kappa shape index (κ2) is 4.88. The Hall–Kier alpha value is -1.35. The zero-order valence-electron chi connectivity index (χ0n) is 10.3. The van der Waals surface area contributed by atoms with Crippen LogP contribution in [0.3, 0.4) is 0 Å². The predicted octanol–water partition coefficient (Wildman–Crippen LogP) is 1.40. The van der Waals surface area contributed by atoms with Gasteiger partial charge in [-0.3, -0.25) is 4.79 Å². The van der Waals surface area contributed by atoms with Crippen LogP contribution in [-0.4, -0.2) is 18.5 Å². The molecule has 2 rings (SSSR count). The van der Waals surface area contributed by atoms with E-state index in [0.29, 0.717) is 6.42 Å². The molecule has 3 N–H and O–H groups in total. The van der Waals surface area contributed by atoms with Crippen LogP contribution in [0.15, 0.2) is 24.3 Å². The quantitative estimate of drug-likeness (QED) is 0.806. The number of benzene rings is 1. The molecule has 1 aromatic carbocycles. The molecule has 1 saturated carbocycles. The number of aryl methyl sites for hydroxylation is 1. The number of hydrogen-bond donors (Lipinski definition) is 2. The first-order valence-corrected chi connectivity index (χ1v) is 6.19. The van der Waals surface area contributed by atoms with Crippen molar-refractivity contribution in [3.8, 4) is 0 Å². The van der Waals surface area contributed by atoms with Gasteiger partial charge in [0.1, 0.15) is 0 Å². The third-order valence-corrected chi connectivity index (χ3v) is 3.45. The van der Waals surface area contributed by atoms with Crippen LogP contribution in [0.1, 0.15) is 30.4 Å². The number of nitrogens with one attached hydrogen (secondary N) is 1. The van der Waals surface area contributed by atoms with Crippen LogP contribution in [0.2, 0.25) is 0 Å². The van der Waals surface area contributed by atoms with Crippen molar-refractivity contribution in [1.82, 2.24) is 5.32 Å². The van der Waals surface area contributed by atoms with Gasteiger partial charge in [-0.25, -0.2) is 0 Å². The standard InChI is InChI=1S/C14H20N2O/c1-16-13(17)7-6-11-4-2-3-5-12(11)10-14(15)8-9-14/h2-5H,6-10,15H2,1H3,(H,16,17). The van der Waals surface area contributed by atoms with Gasteiger partial charge in [0.05, 0.1) is 0 Å². The van der Waals surface area contributed by atoms with Crippen LogP contribution in [-0.2, 0) is 17.6 Å². The van der Waals surface area contributed by atoms with Crippen molar-refractivity contribution in [1.29, 1.82) is 0 Å². The van der Waals surface area contributed by atoms with Gasteiger partial charge < -0.3 is 11.1 Å². The van der Waals surface area contributed by atoms with Gasteiger partial charge in [-0.1, -0.05) is 24.3 Å². The Labute approximate surface area is 102 Å². The first kappa shape index (κ1) is 12.1. The van der Waals surface area contributed by atoms with Gasteiger partial charge in [-0.15, -0.1) is 0 Å². The second-order valence-electron chi connectivity index (χ2n) is 4.98. The number of carbonyl (C=O) groups excluding carboxylic acids is 1. The maximum Gasteiger partial charge on any atom is 0.220 e. The monoisotopic (exact) mass is 232 g/mol. The number of amides is 1. The Morgan fingerprint density at radius 3 is 2.59 bits per heavy atom. The highest BCUT2D eigenvalue weighted by atomic mass is 16.1. The zero-order valence-corrected chi connectivity index (χ0v) is 10.3. The Balaban J connectivity index is 2.02. The molecule has 1 amide bonds. The molecular weight excluding hydrogens is 212 g/mol. The average Bonchev–Trinajstić information content (AvgIpc) is 3.05. The van der Waals surface area contributed by atoms with Crippen LogP contribution in [0, 0.1) is 0 Å². The SMILES string of the molecule is CNC(=O)CCc1ccccc1CC1(N)CC1. The van der Waals surface area contributed by atoms with Gasteiger partial charge in [0.2, 0.25) is 5.91 Å². The molecule has 1 aliphatic rings. The minimum absolute atomic E-state index is 0.0309. The molecule has 3 nitrogen and oxygen atoms in total. The summed E-state index contributed by atoms with van der Waals surface area (Å²) in [5, 5.41) is 2.65. The Morgan fingerprint density at radius 1 is 1.35 bits per heavy atom. The molecule has 0 saturated heterocycles. The van der Waals surface area contributed by atoms with E-state index in [9.17, 15) is 4.79 Å². The summed E-state index contributed by atoms with van der Waals surface area (Å²) < 4.78 is 0. The van der Waals surface area contributed by atoms with E-state index in [4.69, 9.17) is 5.73 Å². The number of hydrogen-bond acceptors (Lipinski definition) is 2. The first-order chi connectivity index (χ1) is 8.13. The summed E-state index contributed by atoms with van der Waals surface area (Å²) >= 11 is 0. The molecule has 0 radical (unpaired) electrons. The molecular formula is C14H20N2O. The molecule has 1 aliphatic carbocycles. The zero-order chi connectivity index (χ0) is 12.3. The van der Waals surface area contributed by atoms with Crippen molar-refractivity contribution in [2.24, 2.45) is 5.73 Å². The van der Waals surface area contributed by atoms with Crippen LogP contribution in [0.4, 0.5) is 0 Å². The van der Waals surface area contributed by atoms with Crippen molar-refractivity contribution in [3.05, 3.63) is 35.4 Å². The maximum atomic E-state index is 11.3. The van der Waals surface area contributed by atoms with Crippen molar-refractivity contribution in [3.63, 3.8) is 0 Å². The van der Waals surface area contributed by atoms with Gasteiger partial charge in [-0.2, -0.15) is 0 Å². The molecule has 0 aliphatic heterocycles. The van der Waals surface area contributed by atoms with Crippen LogP contribution >= 0.6 is 0 Å². The summed E-state index contributed by atoms with van der Waals surface area (Å²) in [4.78, 5) is 11.3. The fraction of sp³-hybridized carbons (Fsp3) is 0.500. The van der Waals surface area contributed by atoms with Crippen LogP contribution in [0.25, 0.3) is 0 Å². The summed E-state index contributed by atoms with van der Waals surface area (Å²) in [6, 6.07) is 8.30. The number of carbonyl (C=O) groups is 1. The van der Waals surface area contributed by atoms with Gasteiger partial charge in [0, 0.05) is 19.0 Å². The topological polar surface area (TPSA) is 55.1 Å². The van der Waals surface area contributed by atoms with E-state index in [0.717, 1.165) is 25.7 Å². The summed E-state index contributed by atoms with van der Waals surface area (Å²) in [7, 11) is 1.67. The fourth-order valence-electron chi connectivity index (χ4n) is 2.06. The molecule has 0 spiro atoms. The first-order valence-electron chi connectivity index (χ1n) is 6.19. The van der Waals surface area contributed by atoms with Crippen LogP contribution in [0.5, 0.6) is 0 Å². The molecule has 0 atom stereocenters. The van der Waals surface area contributed by atoms with Crippen molar-refractivity contribution < 1.29 is 4.79 Å². The van der Waals surface area contributed by atoms with E-state index >= 15 is 0 Å². The molecule has 0 unspecified atom stereocenters. The third kappa shape index (κ3) is 3.30. The molecule has 92 valence electrons. The number of nitrogens with two attached hydrogens (primary N) is 1. The minimum Gasteiger partial charge on any atom is -0.359 e. The largest absolute Gasteiger partial charge is 0.359 e. The summed E-state index contributed by atoms with van der Waals surface area (Å²) in [5.74, 6) is 0.0914. The molecule has 0 heterocycles. The Bertz CT molecular complexity index is 410. The van der Waals surface area contributed by atoms with E-state index in [1.54, 1.807) is 7.05 Å². The molecule has 17 heavy (non-hydrogen) atoms. The smallest absolute Gasteiger partial charge is 0.220 e. The lowest BCUT2D eigenvalue weighted by atomic mass is 9.96. The van der Waals surface area contributed by atoms with E-state index in [1.807, 2.05) is 12.1 Å². The molecule has 1 aromatic rings. The van der Waals surface area contributed by atoms with Crippen molar-refractivity contribution in [2.75, 3.05) is 7.05 Å². The lowest BCUT2D eigenvalue weighted by Gasteiger charge is -2.13. The highest BCUT2D eigenvalue weighted by molar-refractivity contribution is 5.75. The van der Waals surface area contributed by atoms with Gasteiger partial charge >= 0.3 is 0 Å². The van der Waals surface area contributed by atoms with E-state index in [2.05, 4.69) is 17.4 Å². The van der Waals surface area contributed by atoms with E-state index in [-0.39, 0.29) is 11.4 Å². The summed E-state index contributed by atoms with van der Waals surface area (Å²) in [6.07, 6.45) is 4.53. The van der Waals surface area contributed by atoms with Gasteiger partial charge in [0.25, 0.3) is 0 Å². The van der Waals surface area contributed by atoms with Crippen LogP contribution < -0.4 is 11.1 Å². The lowest BCUT2D eigenvalue weighted by Crippen LogP contribution is -2.25. The summed E-state index contributed by atoms with van der Waals surface area (Å²) in [6.45, 7) is 0. The average molecular weight is 232 g/mol. The Kier molecular flexibility index (Phi) is 3.48.